The lowest BCUT2D eigenvalue weighted by Gasteiger charge is -2.36. The Morgan fingerprint density at radius 3 is 2.00 bits per heavy atom. The molecule has 1 aliphatic heterocycles. The molecule has 0 unspecified atom stereocenters. The van der Waals surface area contributed by atoms with E-state index in [-0.39, 0.29) is 32.8 Å². The molecule has 5 nitrogen and oxygen atoms in total. The molecule has 1 saturated heterocycles. The molecule has 0 amide bonds. The van der Waals surface area contributed by atoms with Crippen LogP contribution < -0.4 is 0 Å². The minimum absolute atomic E-state index is 0.0162. The van der Waals surface area contributed by atoms with E-state index in [0.29, 0.717) is 17.1 Å². The molecule has 38 heavy (non-hydrogen) atoms. The summed E-state index contributed by atoms with van der Waals surface area (Å²) in [6.45, 7) is 0.993. The zero-order valence-corrected chi connectivity index (χ0v) is 21.5. The fraction of sp³-hybridized carbons (Fsp3) is 0.308. The summed E-state index contributed by atoms with van der Waals surface area (Å²) in [5.74, 6) is -2.29. The Hall–Kier alpha value is -2.57. The standard InChI is InChI=1S/C26H24ClF5N2O3S/c27-21-10-6-19(7-11-21)24(37-17-18-4-8-20(9-5-18)26(30,31)32)16-33-12-14-34(15-13-33)38(35,36)25-22(28)2-1-3-23(25)29/h1-11,24H,12-17H2/t24-/m1/s1. The summed E-state index contributed by atoms with van der Waals surface area (Å²) < 4.78 is 99.7. The molecule has 0 aromatic heterocycles. The van der Waals surface area contributed by atoms with E-state index in [4.69, 9.17) is 16.3 Å². The monoisotopic (exact) mass is 574 g/mol. The van der Waals surface area contributed by atoms with Crippen LogP contribution in [0, 0.1) is 11.6 Å². The van der Waals surface area contributed by atoms with Crippen molar-refractivity contribution < 1.29 is 35.1 Å². The maximum Gasteiger partial charge on any atom is 0.416 e. The minimum Gasteiger partial charge on any atom is -0.368 e. The largest absolute Gasteiger partial charge is 0.416 e. The van der Waals surface area contributed by atoms with Crippen molar-refractivity contribution in [1.29, 1.82) is 0 Å². The first-order valence-corrected chi connectivity index (χ1v) is 13.5. The molecule has 1 heterocycles. The maximum atomic E-state index is 14.1. The lowest BCUT2D eigenvalue weighted by Crippen LogP contribution is -2.49. The van der Waals surface area contributed by atoms with Gasteiger partial charge in [-0.3, -0.25) is 4.90 Å². The van der Waals surface area contributed by atoms with Gasteiger partial charge in [0, 0.05) is 37.7 Å². The first-order chi connectivity index (χ1) is 17.9. The van der Waals surface area contributed by atoms with Gasteiger partial charge in [-0.05, 0) is 47.5 Å². The Labute approximate surface area is 222 Å². The van der Waals surface area contributed by atoms with Crippen molar-refractivity contribution in [2.75, 3.05) is 32.7 Å². The number of hydrogen-bond acceptors (Lipinski definition) is 4. The third-order valence-electron chi connectivity index (χ3n) is 6.25. The van der Waals surface area contributed by atoms with Crippen molar-refractivity contribution in [3.63, 3.8) is 0 Å². The number of halogens is 6. The fourth-order valence-electron chi connectivity index (χ4n) is 4.16. The van der Waals surface area contributed by atoms with Crippen molar-refractivity contribution in [3.05, 3.63) is 100 Å². The van der Waals surface area contributed by atoms with Crippen LogP contribution in [0.5, 0.6) is 0 Å². The van der Waals surface area contributed by atoms with Crippen LogP contribution in [0.3, 0.4) is 0 Å². The van der Waals surface area contributed by atoms with Gasteiger partial charge in [0.2, 0.25) is 10.0 Å². The number of sulfonamides is 1. The third-order valence-corrected chi connectivity index (χ3v) is 8.45. The van der Waals surface area contributed by atoms with Crippen LogP contribution >= 0.6 is 11.6 Å². The molecule has 0 bridgehead atoms. The van der Waals surface area contributed by atoms with Gasteiger partial charge in [0.05, 0.1) is 18.3 Å². The Morgan fingerprint density at radius 1 is 0.868 bits per heavy atom. The average Bonchev–Trinajstić information content (AvgIpc) is 2.87. The molecule has 204 valence electrons. The molecular weight excluding hydrogens is 551 g/mol. The van der Waals surface area contributed by atoms with Crippen molar-refractivity contribution in [2.24, 2.45) is 0 Å². The van der Waals surface area contributed by atoms with E-state index >= 15 is 0 Å². The average molecular weight is 575 g/mol. The van der Waals surface area contributed by atoms with Gasteiger partial charge < -0.3 is 4.74 Å². The second-order valence-corrected chi connectivity index (χ2v) is 11.1. The second kappa shape index (κ2) is 11.7. The van der Waals surface area contributed by atoms with Gasteiger partial charge in [-0.1, -0.05) is 41.9 Å². The van der Waals surface area contributed by atoms with E-state index in [9.17, 15) is 30.4 Å². The Morgan fingerprint density at radius 2 is 1.45 bits per heavy atom. The molecule has 3 aromatic rings. The molecule has 0 N–H and O–H groups in total. The first-order valence-electron chi connectivity index (χ1n) is 11.6. The van der Waals surface area contributed by atoms with E-state index in [1.807, 2.05) is 4.90 Å². The van der Waals surface area contributed by atoms with E-state index in [0.717, 1.165) is 40.2 Å². The van der Waals surface area contributed by atoms with E-state index in [1.165, 1.54) is 12.1 Å². The van der Waals surface area contributed by atoms with Crippen molar-refractivity contribution in [1.82, 2.24) is 9.21 Å². The molecule has 12 heteroatoms. The van der Waals surface area contributed by atoms with Crippen molar-refractivity contribution in [2.45, 2.75) is 23.8 Å². The molecule has 4 rings (SSSR count). The van der Waals surface area contributed by atoms with Crippen LogP contribution in [0.15, 0.2) is 71.6 Å². The highest BCUT2D eigenvalue weighted by molar-refractivity contribution is 7.89. The second-order valence-electron chi connectivity index (χ2n) is 8.80. The molecule has 0 saturated carbocycles. The normalized spacial score (nSPS) is 16.5. The summed E-state index contributed by atoms with van der Waals surface area (Å²) in [4.78, 5) is 0.989. The van der Waals surface area contributed by atoms with Gasteiger partial charge in [-0.2, -0.15) is 17.5 Å². The zero-order chi connectivity index (χ0) is 27.5. The van der Waals surface area contributed by atoms with Crippen LogP contribution in [0.2, 0.25) is 5.02 Å². The Balaban J connectivity index is 1.43. The maximum absolute atomic E-state index is 14.1. The van der Waals surface area contributed by atoms with Crippen LogP contribution in [-0.4, -0.2) is 50.3 Å². The van der Waals surface area contributed by atoms with Crippen molar-refractivity contribution >= 4 is 21.6 Å². The lowest BCUT2D eigenvalue weighted by atomic mass is 10.1. The minimum atomic E-state index is -4.43. The van der Waals surface area contributed by atoms with Crippen LogP contribution in [0.25, 0.3) is 0 Å². The first kappa shape index (κ1) is 28.4. The highest BCUT2D eigenvalue weighted by Gasteiger charge is 2.34. The summed E-state index contributed by atoms with van der Waals surface area (Å²) in [6, 6.07) is 14.5. The molecule has 1 fully saturated rings. The van der Waals surface area contributed by atoms with Crippen molar-refractivity contribution in [3.8, 4) is 0 Å². The summed E-state index contributed by atoms with van der Waals surface area (Å²) in [5.41, 5.74) is 0.586. The predicted octanol–water partition coefficient (Wildman–Crippen LogP) is 5.90. The molecule has 1 aliphatic rings. The number of benzene rings is 3. The smallest absolute Gasteiger partial charge is 0.368 e. The van der Waals surface area contributed by atoms with Crippen LogP contribution in [-0.2, 0) is 27.5 Å². The van der Waals surface area contributed by atoms with Gasteiger partial charge in [0.1, 0.15) is 11.6 Å². The Bertz CT molecular complexity index is 1320. The van der Waals surface area contributed by atoms with Crippen LogP contribution in [0.4, 0.5) is 22.0 Å². The van der Waals surface area contributed by atoms with E-state index in [2.05, 4.69) is 0 Å². The topological polar surface area (TPSA) is 49.9 Å². The molecular formula is C26H24ClF5N2O3S. The molecule has 1 atom stereocenters. The van der Waals surface area contributed by atoms with Crippen LogP contribution in [0.1, 0.15) is 22.8 Å². The van der Waals surface area contributed by atoms with Gasteiger partial charge in [-0.15, -0.1) is 0 Å². The third kappa shape index (κ3) is 6.70. The molecule has 0 aliphatic carbocycles. The van der Waals surface area contributed by atoms with Gasteiger partial charge in [0.25, 0.3) is 0 Å². The quantitative estimate of drug-likeness (QED) is 0.314. The van der Waals surface area contributed by atoms with Gasteiger partial charge >= 0.3 is 6.18 Å². The number of alkyl halides is 3. The highest BCUT2D eigenvalue weighted by atomic mass is 35.5. The number of nitrogens with zero attached hydrogens (tertiary/aromatic N) is 2. The van der Waals surface area contributed by atoms with Gasteiger partial charge in [-0.25, -0.2) is 17.2 Å². The summed E-state index contributed by atoms with van der Waals surface area (Å²) in [7, 11) is -4.36. The summed E-state index contributed by atoms with van der Waals surface area (Å²) in [5, 5.41) is 0.523. The summed E-state index contributed by atoms with van der Waals surface area (Å²) in [6.07, 6.45) is -4.93. The zero-order valence-electron chi connectivity index (χ0n) is 20.0. The lowest BCUT2D eigenvalue weighted by molar-refractivity contribution is -0.137. The number of piperazine rings is 1. The molecule has 3 aromatic carbocycles. The molecule has 0 radical (unpaired) electrons. The fourth-order valence-corrected chi connectivity index (χ4v) is 5.82. The number of ether oxygens (including phenoxy) is 1. The number of hydrogen-bond donors (Lipinski definition) is 0. The Kier molecular flexibility index (Phi) is 8.73. The highest BCUT2D eigenvalue weighted by Crippen LogP contribution is 2.30. The predicted molar refractivity (Wildman–Crippen MR) is 132 cm³/mol. The summed E-state index contributed by atoms with van der Waals surface area (Å²) >= 11 is 6.01. The van der Waals surface area contributed by atoms with E-state index < -0.39 is 44.4 Å². The SMILES string of the molecule is O=S(=O)(c1c(F)cccc1F)N1CCN(C[C@@H](OCc2ccc(C(F)(F)F)cc2)c2ccc(Cl)cc2)CC1. The van der Waals surface area contributed by atoms with Gasteiger partial charge in [0.15, 0.2) is 4.90 Å². The van der Waals surface area contributed by atoms with E-state index in [1.54, 1.807) is 24.3 Å². The molecule has 0 spiro atoms. The number of rotatable bonds is 8.